The number of carbonyl (C=O) groups is 1. The van der Waals surface area contributed by atoms with Crippen molar-refractivity contribution in [3.63, 3.8) is 0 Å². The van der Waals surface area contributed by atoms with Crippen LogP contribution in [0.5, 0.6) is 0 Å². The maximum Gasteiger partial charge on any atom is 0.261 e. The van der Waals surface area contributed by atoms with Gasteiger partial charge in [-0.25, -0.2) is 9.97 Å². The number of aromatic nitrogens is 2. The first kappa shape index (κ1) is 17.4. The molecule has 1 fully saturated rings. The molecule has 3 rings (SSSR count). The maximum absolute atomic E-state index is 12.3. The van der Waals surface area contributed by atoms with Gasteiger partial charge in [-0.15, -0.1) is 11.3 Å². The van der Waals surface area contributed by atoms with Gasteiger partial charge in [0.05, 0.1) is 16.9 Å². The van der Waals surface area contributed by atoms with Crippen molar-refractivity contribution in [3.05, 3.63) is 10.9 Å². The van der Waals surface area contributed by atoms with Gasteiger partial charge in [-0.05, 0) is 31.6 Å². The molecule has 0 aliphatic carbocycles. The van der Waals surface area contributed by atoms with Crippen molar-refractivity contribution in [1.29, 1.82) is 0 Å². The number of hydrogen-bond acceptors (Lipinski definition) is 7. The van der Waals surface area contributed by atoms with Crippen LogP contribution < -0.4 is 10.2 Å². The number of thiophene rings is 1. The minimum Gasteiger partial charge on any atom is -0.383 e. The van der Waals surface area contributed by atoms with Gasteiger partial charge in [-0.1, -0.05) is 11.8 Å². The summed E-state index contributed by atoms with van der Waals surface area (Å²) in [6.07, 6.45) is 5.63. The smallest absolute Gasteiger partial charge is 0.261 e. The third kappa shape index (κ3) is 3.81. The number of fused-ring (bicyclic) bond motifs is 1. The van der Waals surface area contributed by atoms with E-state index in [1.807, 2.05) is 12.3 Å². The van der Waals surface area contributed by atoms with E-state index in [9.17, 15) is 4.79 Å². The number of piperidine rings is 1. The number of carbonyl (C=O) groups excluding carboxylic acids is 1. The van der Waals surface area contributed by atoms with Crippen LogP contribution in [-0.4, -0.2) is 55.5 Å². The van der Waals surface area contributed by atoms with Gasteiger partial charge in [-0.3, -0.25) is 4.79 Å². The van der Waals surface area contributed by atoms with Crippen molar-refractivity contribution in [3.8, 4) is 0 Å². The highest BCUT2D eigenvalue weighted by Crippen LogP contribution is 2.33. The normalized spacial score (nSPS) is 15.0. The second kappa shape index (κ2) is 8.13. The van der Waals surface area contributed by atoms with Gasteiger partial charge in [0.1, 0.15) is 10.6 Å². The summed E-state index contributed by atoms with van der Waals surface area (Å²) in [5, 5.41) is 4.61. The molecule has 8 heteroatoms. The summed E-state index contributed by atoms with van der Waals surface area (Å²) in [5.74, 6) is 0.890. The van der Waals surface area contributed by atoms with Crippen LogP contribution in [0.1, 0.15) is 28.9 Å². The highest BCUT2D eigenvalue weighted by molar-refractivity contribution is 7.98. The lowest BCUT2D eigenvalue weighted by Gasteiger charge is -2.28. The van der Waals surface area contributed by atoms with Gasteiger partial charge >= 0.3 is 0 Å². The Morgan fingerprint density at radius 2 is 2.17 bits per heavy atom. The molecule has 2 aromatic heterocycles. The van der Waals surface area contributed by atoms with Gasteiger partial charge in [0.2, 0.25) is 0 Å². The molecule has 0 saturated carbocycles. The van der Waals surface area contributed by atoms with E-state index in [0.717, 1.165) is 34.3 Å². The summed E-state index contributed by atoms with van der Waals surface area (Å²) in [5.41, 5.74) is 0. The first-order chi connectivity index (χ1) is 11.7. The molecule has 0 spiro atoms. The van der Waals surface area contributed by atoms with Gasteiger partial charge in [0, 0.05) is 26.7 Å². The monoisotopic (exact) mass is 366 g/mol. The first-order valence-corrected chi connectivity index (χ1v) is 10.1. The van der Waals surface area contributed by atoms with Crippen molar-refractivity contribution in [1.82, 2.24) is 15.3 Å². The van der Waals surface area contributed by atoms with E-state index in [-0.39, 0.29) is 5.91 Å². The number of amides is 1. The van der Waals surface area contributed by atoms with Crippen LogP contribution in [0.25, 0.3) is 10.2 Å². The van der Waals surface area contributed by atoms with Crippen molar-refractivity contribution >= 4 is 45.0 Å². The van der Waals surface area contributed by atoms with Crippen molar-refractivity contribution in [2.24, 2.45) is 0 Å². The maximum atomic E-state index is 12.3. The second-order valence-corrected chi connectivity index (χ2v) is 7.46. The average Bonchev–Trinajstić information content (AvgIpc) is 3.06. The summed E-state index contributed by atoms with van der Waals surface area (Å²) >= 11 is 2.96. The molecule has 0 bridgehead atoms. The van der Waals surface area contributed by atoms with Crippen LogP contribution in [0, 0.1) is 0 Å². The highest BCUT2D eigenvalue weighted by atomic mass is 32.2. The average molecular weight is 367 g/mol. The summed E-state index contributed by atoms with van der Waals surface area (Å²) in [6.45, 7) is 3.05. The van der Waals surface area contributed by atoms with Crippen LogP contribution in [0.3, 0.4) is 0 Å². The predicted molar refractivity (Wildman–Crippen MR) is 99.5 cm³/mol. The van der Waals surface area contributed by atoms with E-state index < -0.39 is 0 Å². The SMILES string of the molecule is COCCNC(=O)c1cc2c(N3CCCCC3)nc(SC)nc2s1. The Hall–Kier alpha value is -1.38. The molecular weight excluding hydrogens is 344 g/mol. The molecule has 130 valence electrons. The van der Waals surface area contributed by atoms with E-state index in [2.05, 4.69) is 15.2 Å². The fraction of sp³-hybridized carbons (Fsp3) is 0.562. The molecule has 3 heterocycles. The quantitative estimate of drug-likeness (QED) is 0.482. The molecule has 1 aliphatic rings. The Balaban J connectivity index is 1.93. The minimum absolute atomic E-state index is 0.0784. The topological polar surface area (TPSA) is 67.3 Å². The van der Waals surface area contributed by atoms with Crippen LogP contribution in [0.2, 0.25) is 0 Å². The van der Waals surface area contributed by atoms with E-state index in [4.69, 9.17) is 9.72 Å². The Morgan fingerprint density at radius 3 is 2.88 bits per heavy atom. The molecule has 0 atom stereocenters. The Bertz CT molecular complexity index is 713. The number of methoxy groups -OCH3 is 1. The molecule has 0 unspecified atom stereocenters. The summed E-state index contributed by atoms with van der Waals surface area (Å²) in [7, 11) is 1.62. The summed E-state index contributed by atoms with van der Waals surface area (Å²) < 4.78 is 4.97. The number of anilines is 1. The van der Waals surface area contributed by atoms with Crippen LogP contribution in [0.15, 0.2) is 11.2 Å². The highest BCUT2D eigenvalue weighted by Gasteiger charge is 2.20. The fourth-order valence-electron chi connectivity index (χ4n) is 2.79. The molecule has 0 aromatic carbocycles. The fourth-order valence-corrected chi connectivity index (χ4v) is 4.15. The molecule has 0 radical (unpaired) electrons. The van der Waals surface area contributed by atoms with Crippen molar-refractivity contribution < 1.29 is 9.53 Å². The molecule has 24 heavy (non-hydrogen) atoms. The minimum atomic E-state index is -0.0784. The molecule has 1 amide bonds. The summed E-state index contributed by atoms with van der Waals surface area (Å²) in [4.78, 5) is 25.5. The van der Waals surface area contributed by atoms with Crippen LogP contribution in [-0.2, 0) is 4.74 Å². The van der Waals surface area contributed by atoms with Gasteiger partial charge in [0.15, 0.2) is 5.16 Å². The van der Waals surface area contributed by atoms with Crippen molar-refractivity contribution in [2.45, 2.75) is 24.4 Å². The molecule has 1 aliphatic heterocycles. The van der Waals surface area contributed by atoms with Gasteiger partial charge in [-0.2, -0.15) is 0 Å². The zero-order valence-electron chi connectivity index (χ0n) is 14.0. The molecule has 1 N–H and O–H groups in total. The lowest BCUT2D eigenvalue weighted by Crippen LogP contribution is -2.30. The molecular formula is C16H22N4O2S2. The number of hydrogen-bond donors (Lipinski definition) is 1. The number of nitrogens with zero attached hydrogens (tertiary/aromatic N) is 3. The van der Waals surface area contributed by atoms with Gasteiger partial charge in [0.25, 0.3) is 5.91 Å². The standard InChI is InChI=1S/C16H22N4O2S2/c1-22-9-6-17-14(21)12-10-11-13(20-7-4-3-5-8-20)18-16(23-2)19-15(11)24-12/h10H,3-9H2,1-2H3,(H,17,21). The van der Waals surface area contributed by atoms with E-state index in [0.29, 0.717) is 18.0 Å². The second-order valence-electron chi connectivity index (χ2n) is 5.66. The zero-order chi connectivity index (χ0) is 16.9. The zero-order valence-corrected chi connectivity index (χ0v) is 15.6. The summed E-state index contributed by atoms with van der Waals surface area (Å²) in [6, 6.07) is 1.93. The predicted octanol–water partition coefficient (Wildman–Crippen LogP) is 2.78. The number of thioether (sulfide) groups is 1. The lowest BCUT2D eigenvalue weighted by atomic mass is 10.1. The molecule has 1 saturated heterocycles. The van der Waals surface area contributed by atoms with E-state index in [1.165, 1.54) is 42.4 Å². The van der Waals surface area contributed by atoms with Crippen molar-refractivity contribution in [2.75, 3.05) is 44.5 Å². The lowest BCUT2D eigenvalue weighted by molar-refractivity contribution is 0.0941. The number of nitrogens with one attached hydrogen (secondary N) is 1. The Morgan fingerprint density at radius 1 is 1.38 bits per heavy atom. The van der Waals surface area contributed by atoms with E-state index >= 15 is 0 Å². The molecule has 2 aromatic rings. The van der Waals surface area contributed by atoms with E-state index in [1.54, 1.807) is 7.11 Å². The van der Waals surface area contributed by atoms with Crippen LogP contribution in [0.4, 0.5) is 5.82 Å². The third-order valence-electron chi connectivity index (χ3n) is 4.01. The molecule has 6 nitrogen and oxygen atoms in total. The third-order valence-corrected chi connectivity index (χ3v) is 5.58. The van der Waals surface area contributed by atoms with Crippen LogP contribution >= 0.6 is 23.1 Å². The number of ether oxygens (including phenoxy) is 1. The Labute approximate surface area is 150 Å². The van der Waals surface area contributed by atoms with Gasteiger partial charge < -0.3 is 15.0 Å². The first-order valence-electron chi connectivity index (χ1n) is 8.10. The largest absolute Gasteiger partial charge is 0.383 e. The Kier molecular flexibility index (Phi) is 5.91. The number of rotatable bonds is 6.